The summed E-state index contributed by atoms with van der Waals surface area (Å²) < 4.78 is 0. The lowest BCUT2D eigenvalue weighted by atomic mass is 9.47. The molecule has 3 heterocycles. The first-order chi connectivity index (χ1) is 16.7. The summed E-state index contributed by atoms with van der Waals surface area (Å²) in [6.07, 6.45) is 7.75. The van der Waals surface area contributed by atoms with Gasteiger partial charge in [-0.2, -0.15) is 0 Å². The van der Waals surface area contributed by atoms with Gasteiger partial charge in [0.25, 0.3) is 0 Å². The Kier molecular flexibility index (Phi) is 6.66. The Bertz CT molecular complexity index is 1050. The minimum atomic E-state index is -0.604. The van der Waals surface area contributed by atoms with Crippen molar-refractivity contribution in [3.05, 3.63) is 35.1 Å². The van der Waals surface area contributed by atoms with Crippen molar-refractivity contribution >= 4 is 28.1 Å². The van der Waals surface area contributed by atoms with Crippen LogP contribution in [0.5, 0.6) is 0 Å². The van der Waals surface area contributed by atoms with Gasteiger partial charge in [0.15, 0.2) is 5.13 Å². The van der Waals surface area contributed by atoms with Crippen molar-refractivity contribution in [2.24, 2.45) is 22.7 Å². The molecule has 0 spiro atoms. The second kappa shape index (κ2) is 9.45. The van der Waals surface area contributed by atoms with Crippen molar-refractivity contribution in [3.8, 4) is 0 Å². The highest BCUT2D eigenvalue weighted by Gasteiger charge is 2.59. The first-order valence-corrected chi connectivity index (χ1v) is 13.8. The highest BCUT2D eigenvalue weighted by molar-refractivity contribution is 7.15. The normalized spacial score (nSPS) is 33.2. The summed E-state index contributed by atoms with van der Waals surface area (Å²) >= 11 is 1.63. The fourth-order valence-corrected chi connectivity index (χ4v) is 7.91. The van der Waals surface area contributed by atoms with E-state index in [1.165, 1.54) is 0 Å². The molecule has 7 nitrogen and oxygen atoms in total. The van der Waals surface area contributed by atoms with E-state index in [2.05, 4.69) is 24.1 Å². The Balaban J connectivity index is 1.50. The number of aliphatic hydroxyl groups excluding tert-OH is 2. The van der Waals surface area contributed by atoms with Crippen LogP contribution in [0.4, 0.5) is 10.8 Å². The molecule has 5 unspecified atom stereocenters. The van der Waals surface area contributed by atoms with E-state index in [4.69, 9.17) is 4.98 Å². The summed E-state index contributed by atoms with van der Waals surface area (Å²) in [5, 5.41) is 25.6. The number of amides is 1. The van der Waals surface area contributed by atoms with E-state index >= 15 is 0 Å². The van der Waals surface area contributed by atoms with Gasteiger partial charge in [-0.15, -0.1) is 11.3 Å². The summed E-state index contributed by atoms with van der Waals surface area (Å²) in [7, 11) is 0. The maximum atomic E-state index is 13.6. The third-order valence-corrected chi connectivity index (χ3v) is 10.3. The molecule has 1 aliphatic heterocycles. The summed E-state index contributed by atoms with van der Waals surface area (Å²) in [6, 6.07) is 3.85. The third-order valence-electron chi connectivity index (χ3n) is 9.32. The summed E-state index contributed by atoms with van der Waals surface area (Å²) in [4.78, 5) is 26.0. The van der Waals surface area contributed by atoms with Crippen molar-refractivity contribution in [1.82, 2.24) is 14.9 Å². The number of carbonyl (C=O) groups excluding carboxylic acids is 1. The van der Waals surface area contributed by atoms with Crippen molar-refractivity contribution in [3.63, 3.8) is 0 Å². The van der Waals surface area contributed by atoms with Gasteiger partial charge >= 0.3 is 0 Å². The average molecular weight is 499 g/mol. The average Bonchev–Trinajstić information content (AvgIpc) is 3.26. The first kappa shape index (κ1) is 24.7. The van der Waals surface area contributed by atoms with E-state index in [0.29, 0.717) is 18.8 Å². The van der Waals surface area contributed by atoms with Crippen LogP contribution in [-0.2, 0) is 11.2 Å². The largest absolute Gasteiger partial charge is 0.396 e. The van der Waals surface area contributed by atoms with Crippen LogP contribution in [0.1, 0.15) is 69.4 Å². The zero-order valence-corrected chi connectivity index (χ0v) is 21.9. The van der Waals surface area contributed by atoms with E-state index < -0.39 is 11.5 Å². The number of hydrogen-bond acceptors (Lipinski definition) is 7. The van der Waals surface area contributed by atoms with Crippen LogP contribution < -0.4 is 5.32 Å². The summed E-state index contributed by atoms with van der Waals surface area (Å²) in [5.74, 6) is 0.914. The van der Waals surface area contributed by atoms with Crippen LogP contribution in [0.3, 0.4) is 0 Å². The molecular formula is C27H38N4O3S. The van der Waals surface area contributed by atoms with Gasteiger partial charge in [0.1, 0.15) is 0 Å². The highest BCUT2D eigenvalue weighted by Crippen LogP contribution is 2.63. The smallest absolute Gasteiger partial charge is 0.223 e. The molecule has 0 aromatic carbocycles. The zero-order valence-electron chi connectivity index (χ0n) is 21.0. The monoisotopic (exact) mass is 498 g/mol. The topological polar surface area (TPSA) is 98.6 Å². The number of likely N-dealkylation sites (tertiary alicyclic amines) is 1. The van der Waals surface area contributed by atoms with Crippen molar-refractivity contribution in [2.75, 3.05) is 25.0 Å². The number of aliphatic hydroxyl groups is 2. The minimum Gasteiger partial charge on any atom is -0.396 e. The number of hydrogen-bond donors (Lipinski definition) is 3. The maximum Gasteiger partial charge on any atom is 0.223 e. The van der Waals surface area contributed by atoms with Gasteiger partial charge in [-0.1, -0.05) is 20.8 Å². The molecular weight excluding hydrogens is 460 g/mol. The SMILES string of the molecule is CC1CCN(C(=O)CC2c3nc(Nc4cccnc4)sc3CC3C(C)(CO)C(O)CCC23C)CC1. The van der Waals surface area contributed by atoms with Gasteiger partial charge in [-0.05, 0) is 61.5 Å². The fourth-order valence-electron chi connectivity index (χ4n) is 6.82. The molecule has 1 saturated carbocycles. The number of rotatable bonds is 5. The second-order valence-corrected chi connectivity index (χ2v) is 12.6. The van der Waals surface area contributed by atoms with Crippen LogP contribution in [0.2, 0.25) is 0 Å². The van der Waals surface area contributed by atoms with Gasteiger partial charge in [0.2, 0.25) is 5.91 Å². The van der Waals surface area contributed by atoms with Gasteiger partial charge in [0.05, 0.1) is 30.3 Å². The number of carbonyl (C=O) groups is 1. The fraction of sp³-hybridized carbons (Fsp3) is 0.667. The molecule has 2 aromatic rings. The van der Waals surface area contributed by atoms with Crippen LogP contribution >= 0.6 is 11.3 Å². The Morgan fingerprint density at radius 1 is 1.29 bits per heavy atom. The number of aromatic nitrogens is 2. The minimum absolute atomic E-state index is 0.0397. The number of piperidine rings is 1. The quantitative estimate of drug-likeness (QED) is 0.567. The molecule has 8 heteroatoms. The van der Waals surface area contributed by atoms with Crippen LogP contribution in [0.15, 0.2) is 24.5 Å². The predicted octanol–water partition coefficient (Wildman–Crippen LogP) is 4.35. The summed E-state index contributed by atoms with van der Waals surface area (Å²) in [6.45, 7) is 8.15. The number of nitrogens with one attached hydrogen (secondary N) is 1. The van der Waals surface area contributed by atoms with E-state index in [1.807, 2.05) is 24.0 Å². The van der Waals surface area contributed by atoms with E-state index in [0.717, 1.165) is 60.2 Å². The molecule has 2 aromatic heterocycles. The molecule has 0 bridgehead atoms. The molecule has 1 amide bonds. The molecule has 3 aliphatic rings. The van der Waals surface area contributed by atoms with Gasteiger partial charge in [0, 0.05) is 41.9 Å². The number of anilines is 2. The van der Waals surface area contributed by atoms with Gasteiger partial charge < -0.3 is 20.4 Å². The molecule has 190 valence electrons. The van der Waals surface area contributed by atoms with Gasteiger partial charge in [-0.25, -0.2) is 4.98 Å². The van der Waals surface area contributed by atoms with Crippen LogP contribution in [0.25, 0.3) is 0 Å². The van der Waals surface area contributed by atoms with Crippen molar-refractivity contribution in [1.29, 1.82) is 0 Å². The number of fused-ring (bicyclic) bond motifs is 2. The van der Waals surface area contributed by atoms with E-state index in [9.17, 15) is 15.0 Å². The third kappa shape index (κ3) is 4.38. The number of thiazole rings is 1. The molecule has 3 N–H and O–H groups in total. The van der Waals surface area contributed by atoms with Crippen molar-refractivity contribution in [2.45, 2.75) is 71.3 Å². The van der Waals surface area contributed by atoms with Gasteiger partial charge in [-0.3, -0.25) is 9.78 Å². The lowest BCUT2D eigenvalue weighted by Crippen LogP contribution is -2.57. The molecule has 1 saturated heterocycles. The highest BCUT2D eigenvalue weighted by atomic mass is 32.1. The predicted molar refractivity (Wildman–Crippen MR) is 138 cm³/mol. The number of nitrogens with zero attached hydrogens (tertiary/aromatic N) is 3. The molecule has 2 aliphatic carbocycles. The summed E-state index contributed by atoms with van der Waals surface area (Å²) in [5.41, 5.74) is 1.08. The van der Waals surface area contributed by atoms with Crippen LogP contribution in [0, 0.1) is 22.7 Å². The first-order valence-electron chi connectivity index (χ1n) is 13.0. The second-order valence-electron chi connectivity index (χ2n) is 11.5. The molecule has 0 radical (unpaired) electrons. The molecule has 35 heavy (non-hydrogen) atoms. The van der Waals surface area contributed by atoms with Crippen molar-refractivity contribution < 1.29 is 15.0 Å². The lowest BCUT2D eigenvalue weighted by molar-refractivity contribution is -0.147. The zero-order chi connectivity index (χ0) is 24.8. The molecule has 2 fully saturated rings. The van der Waals surface area contributed by atoms with E-state index in [1.54, 1.807) is 23.7 Å². The standard InChI is InChI=1S/C27H38N4O3S/c1-17-7-11-31(12-8-17)23(34)13-19-24-20(35-25(30-24)29-18-5-4-10-28-15-18)14-21-26(19,2)9-6-22(33)27(21,3)16-32/h4-5,10,15,17,19,21-22,32-33H,6-9,11-14,16H2,1-3H3,(H,29,30). The Labute approximate surface area is 212 Å². The Morgan fingerprint density at radius 2 is 2.06 bits per heavy atom. The Hall–Kier alpha value is -2.03. The molecule has 5 atom stereocenters. The Morgan fingerprint density at radius 3 is 2.74 bits per heavy atom. The molecule has 5 rings (SSSR count). The lowest BCUT2D eigenvalue weighted by Gasteiger charge is -2.58. The number of pyridine rings is 1. The maximum absolute atomic E-state index is 13.6. The van der Waals surface area contributed by atoms with Crippen LogP contribution in [-0.4, -0.2) is 56.8 Å². The van der Waals surface area contributed by atoms with E-state index in [-0.39, 0.29) is 29.8 Å².